The van der Waals surface area contributed by atoms with Crippen LogP contribution in [0, 0.1) is 5.92 Å². The Morgan fingerprint density at radius 1 is 1.17 bits per heavy atom. The number of nitrogens with zero attached hydrogens (tertiary/aromatic N) is 4. The van der Waals surface area contributed by atoms with Crippen LogP contribution in [0.25, 0.3) is 0 Å². The van der Waals surface area contributed by atoms with Gasteiger partial charge in [0.05, 0.1) is 18.1 Å². The number of anilines is 2. The van der Waals surface area contributed by atoms with E-state index in [1.165, 1.54) is 0 Å². The molecule has 0 aliphatic carbocycles. The summed E-state index contributed by atoms with van der Waals surface area (Å²) in [5.41, 5.74) is 0.691. The fourth-order valence-electron chi connectivity index (χ4n) is 3.90. The third kappa shape index (κ3) is 4.00. The Labute approximate surface area is 174 Å². The first-order valence-electron chi connectivity index (χ1n) is 9.65. The summed E-state index contributed by atoms with van der Waals surface area (Å²) < 4.78 is 5.16. The minimum atomic E-state index is -0.329. The minimum Gasteiger partial charge on any atom is -0.495 e. The van der Waals surface area contributed by atoms with Crippen LogP contribution < -0.4 is 14.5 Å². The van der Waals surface area contributed by atoms with Gasteiger partial charge in [-0.1, -0.05) is 17.7 Å². The van der Waals surface area contributed by atoms with E-state index in [0.29, 0.717) is 36.1 Å². The predicted octanol–water partition coefficient (Wildman–Crippen LogP) is 2.45. The van der Waals surface area contributed by atoms with Crippen LogP contribution in [0.3, 0.4) is 0 Å². The lowest BCUT2D eigenvalue weighted by atomic mass is 10.1. The van der Waals surface area contributed by atoms with Gasteiger partial charge in [0.2, 0.25) is 11.8 Å². The SMILES string of the molecule is COc1ccc(N2CC(C(=O)N3CCN(c4ccccn4)CC3)CC2=O)cc1Cl. The van der Waals surface area contributed by atoms with Crippen molar-refractivity contribution in [1.29, 1.82) is 0 Å². The van der Waals surface area contributed by atoms with Gasteiger partial charge in [0, 0.05) is 51.0 Å². The van der Waals surface area contributed by atoms with Gasteiger partial charge < -0.3 is 19.4 Å². The van der Waals surface area contributed by atoms with E-state index in [2.05, 4.69) is 9.88 Å². The number of halogens is 1. The number of hydrogen-bond acceptors (Lipinski definition) is 5. The minimum absolute atomic E-state index is 0.0427. The number of amides is 2. The summed E-state index contributed by atoms with van der Waals surface area (Å²) in [5, 5.41) is 0.443. The quantitative estimate of drug-likeness (QED) is 0.768. The van der Waals surface area contributed by atoms with Crippen LogP contribution in [0.1, 0.15) is 6.42 Å². The van der Waals surface area contributed by atoms with E-state index >= 15 is 0 Å². The molecule has 2 aromatic rings. The monoisotopic (exact) mass is 414 g/mol. The summed E-state index contributed by atoms with van der Waals surface area (Å²) >= 11 is 6.19. The maximum absolute atomic E-state index is 13.0. The summed E-state index contributed by atoms with van der Waals surface area (Å²) in [7, 11) is 1.55. The van der Waals surface area contributed by atoms with Crippen molar-refractivity contribution >= 4 is 34.9 Å². The Hall–Kier alpha value is -2.80. The van der Waals surface area contributed by atoms with Crippen molar-refractivity contribution in [3.63, 3.8) is 0 Å². The molecule has 1 atom stereocenters. The molecule has 29 heavy (non-hydrogen) atoms. The number of benzene rings is 1. The van der Waals surface area contributed by atoms with Crippen LogP contribution in [0.15, 0.2) is 42.6 Å². The number of hydrogen-bond donors (Lipinski definition) is 0. The van der Waals surface area contributed by atoms with E-state index in [1.54, 1.807) is 36.4 Å². The van der Waals surface area contributed by atoms with Gasteiger partial charge in [0.15, 0.2) is 0 Å². The zero-order valence-corrected chi connectivity index (χ0v) is 17.0. The number of pyridine rings is 1. The van der Waals surface area contributed by atoms with Gasteiger partial charge in [-0.05, 0) is 30.3 Å². The molecule has 2 fully saturated rings. The molecule has 4 rings (SSSR count). The molecule has 1 aromatic heterocycles. The van der Waals surface area contributed by atoms with Crippen molar-refractivity contribution < 1.29 is 14.3 Å². The van der Waals surface area contributed by atoms with E-state index in [-0.39, 0.29) is 24.2 Å². The first kappa shape index (κ1) is 19.5. The highest BCUT2D eigenvalue weighted by molar-refractivity contribution is 6.32. The number of piperazine rings is 1. The maximum atomic E-state index is 13.0. The lowest BCUT2D eigenvalue weighted by Crippen LogP contribution is -2.51. The van der Waals surface area contributed by atoms with Gasteiger partial charge in [0.1, 0.15) is 11.6 Å². The highest BCUT2D eigenvalue weighted by Crippen LogP contribution is 2.33. The van der Waals surface area contributed by atoms with Gasteiger partial charge in [-0.15, -0.1) is 0 Å². The number of ether oxygens (including phenoxy) is 1. The molecule has 0 N–H and O–H groups in total. The van der Waals surface area contributed by atoms with Gasteiger partial charge >= 0.3 is 0 Å². The number of aromatic nitrogens is 1. The molecule has 2 saturated heterocycles. The Morgan fingerprint density at radius 2 is 1.97 bits per heavy atom. The highest BCUT2D eigenvalue weighted by atomic mass is 35.5. The molecule has 0 spiro atoms. The Balaban J connectivity index is 1.38. The lowest BCUT2D eigenvalue weighted by molar-refractivity contribution is -0.136. The summed E-state index contributed by atoms with van der Waals surface area (Å²) in [5.74, 6) is 1.14. The molecule has 152 valence electrons. The fourth-order valence-corrected chi connectivity index (χ4v) is 4.15. The molecule has 2 aliphatic heterocycles. The summed E-state index contributed by atoms with van der Waals surface area (Å²) in [4.78, 5) is 35.6. The average Bonchev–Trinajstić information content (AvgIpc) is 3.15. The standard InChI is InChI=1S/C21H23ClN4O3/c1-29-18-6-5-16(13-17(18)22)26-14-15(12-20(26)27)21(28)25-10-8-24(9-11-25)19-4-2-3-7-23-19/h2-7,13,15H,8-12,14H2,1H3. The second-order valence-corrected chi connectivity index (χ2v) is 7.63. The summed E-state index contributed by atoms with van der Waals surface area (Å²) in [6.07, 6.45) is 2.00. The molecule has 1 aromatic carbocycles. The molecule has 2 amide bonds. The van der Waals surface area contributed by atoms with E-state index in [1.807, 2.05) is 23.1 Å². The van der Waals surface area contributed by atoms with Crippen LogP contribution in [0.2, 0.25) is 5.02 Å². The van der Waals surface area contributed by atoms with Gasteiger partial charge in [-0.25, -0.2) is 4.98 Å². The molecule has 2 aliphatic rings. The van der Waals surface area contributed by atoms with Crippen molar-refractivity contribution in [2.24, 2.45) is 5.92 Å². The Kier molecular flexibility index (Phi) is 5.58. The van der Waals surface area contributed by atoms with Crippen molar-refractivity contribution in [2.75, 3.05) is 49.6 Å². The second-order valence-electron chi connectivity index (χ2n) is 7.22. The fraction of sp³-hybridized carbons (Fsp3) is 0.381. The second kappa shape index (κ2) is 8.29. The first-order valence-corrected chi connectivity index (χ1v) is 10.0. The molecular formula is C21H23ClN4O3. The van der Waals surface area contributed by atoms with Gasteiger partial charge in [0.25, 0.3) is 0 Å². The lowest BCUT2D eigenvalue weighted by Gasteiger charge is -2.36. The van der Waals surface area contributed by atoms with Gasteiger partial charge in [-0.3, -0.25) is 9.59 Å². The number of rotatable bonds is 4. The summed E-state index contributed by atoms with van der Waals surface area (Å²) in [6, 6.07) is 11.1. The molecule has 0 saturated carbocycles. The highest BCUT2D eigenvalue weighted by Gasteiger charge is 2.38. The van der Waals surface area contributed by atoms with E-state index in [4.69, 9.17) is 16.3 Å². The molecule has 0 bridgehead atoms. The smallest absolute Gasteiger partial charge is 0.228 e. The van der Waals surface area contributed by atoms with Crippen LogP contribution in [-0.4, -0.2) is 61.5 Å². The molecule has 1 unspecified atom stereocenters. The number of carbonyl (C=O) groups excluding carboxylic acids is 2. The average molecular weight is 415 g/mol. The van der Waals surface area contributed by atoms with E-state index in [9.17, 15) is 9.59 Å². The predicted molar refractivity (Wildman–Crippen MR) is 111 cm³/mol. The molecule has 8 heteroatoms. The van der Waals surface area contributed by atoms with Crippen LogP contribution in [0.5, 0.6) is 5.75 Å². The van der Waals surface area contributed by atoms with Crippen LogP contribution >= 0.6 is 11.6 Å². The van der Waals surface area contributed by atoms with E-state index < -0.39 is 0 Å². The van der Waals surface area contributed by atoms with Crippen molar-refractivity contribution in [3.8, 4) is 5.75 Å². The van der Waals surface area contributed by atoms with Crippen molar-refractivity contribution in [1.82, 2.24) is 9.88 Å². The number of methoxy groups -OCH3 is 1. The van der Waals surface area contributed by atoms with Crippen LogP contribution in [0.4, 0.5) is 11.5 Å². The topological polar surface area (TPSA) is 66.0 Å². The first-order chi connectivity index (χ1) is 14.1. The van der Waals surface area contributed by atoms with E-state index in [0.717, 1.165) is 18.9 Å². The van der Waals surface area contributed by atoms with Crippen molar-refractivity contribution in [2.45, 2.75) is 6.42 Å². The third-order valence-corrected chi connectivity index (χ3v) is 5.78. The molecule has 0 radical (unpaired) electrons. The molecule has 3 heterocycles. The molecule has 7 nitrogen and oxygen atoms in total. The largest absolute Gasteiger partial charge is 0.495 e. The van der Waals surface area contributed by atoms with Gasteiger partial charge in [-0.2, -0.15) is 0 Å². The Bertz CT molecular complexity index is 900. The normalized spacial score (nSPS) is 19.6. The zero-order chi connectivity index (χ0) is 20.4. The van der Waals surface area contributed by atoms with Crippen molar-refractivity contribution in [3.05, 3.63) is 47.6 Å². The Morgan fingerprint density at radius 3 is 2.62 bits per heavy atom. The van der Waals surface area contributed by atoms with Crippen LogP contribution in [-0.2, 0) is 9.59 Å². The third-order valence-electron chi connectivity index (χ3n) is 5.49. The maximum Gasteiger partial charge on any atom is 0.228 e. The number of carbonyl (C=O) groups is 2. The summed E-state index contributed by atoms with van der Waals surface area (Å²) in [6.45, 7) is 3.12. The zero-order valence-electron chi connectivity index (χ0n) is 16.3. The molecular weight excluding hydrogens is 392 g/mol.